The SMILES string of the molecule is CN(c1ccccc1)S(=O)(=O)c1cc(C(=O)OCn2nnc3ccccc3c2=O)ccc1Cl. The number of carbonyl (C=O) groups excluding carboxylic acids is 1. The van der Waals surface area contributed by atoms with E-state index in [4.69, 9.17) is 16.3 Å². The largest absolute Gasteiger partial charge is 0.439 e. The Morgan fingerprint density at radius 1 is 1.06 bits per heavy atom. The normalized spacial score (nSPS) is 11.3. The maximum Gasteiger partial charge on any atom is 0.339 e. The molecular weight excluding hydrogens is 468 g/mol. The van der Waals surface area contributed by atoms with Gasteiger partial charge in [0.2, 0.25) is 0 Å². The third-order valence-corrected chi connectivity index (χ3v) is 7.14. The number of hydrogen-bond acceptors (Lipinski definition) is 7. The zero-order chi connectivity index (χ0) is 23.6. The van der Waals surface area contributed by atoms with E-state index in [-0.39, 0.29) is 15.5 Å². The van der Waals surface area contributed by atoms with Crippen molar-refractivity contribution in [1.82, 2.24) is 15.0 Å². The number of hydrogen-bond donors (Lipinski definition) is 0. The summed E-state index contributed by atoms with van der Waals surface area (Å²) < 4.78 is 33.3. The Labute approximate surface area is 193 Å². The summed E-state index contributed by atoms with van der Waals surface area (Å²) in [6.45, 7) is -0.496. The fourth-order valence-electron chi connectivity index (χ4n) is 3.06. The van der Waals surface area contributed by atoms with E-state index in [1.807, 2.05) is 0 Å². The Kier molecular flexibility index (Phi) is 6.12. The number of rotatable bonds is 6. The van der Waals surface area contributed by atoms with Gasteiger partial charge in [-0.15, -0.1) is 5.10 Å². The van der Waals surface area contributed by atoms with Gasteiger partial charge in [0.15, 0.2) is 6.73 Å². The predicted molar refractivity (Wildman–Crippen MR) is 123 cm³/mol. The maximum absolute atomic E-state index is 13.1. The number of esters is 1. The van der Waals surface area contributed by atoms with Crippen LogP contribution in [0.1, 0.15) is 10.4 Å². The summed E-state index contributed by atoms with van der Waals surface area (Å²) in [4.78, 5) is 24.8. The molecule has 0 atom stereocenters. The van der Waals surface area contributed by atoms with Crippen molar-refractivity contribution in [2.45, 2.75) is 11.6 Å². The molecule has 4 rings (SSSR count). The molecule has 0 saturated carbocycles. The van der Waals surface area contributed by atoms with Crippen molar-refractivity contribution in [3.63, 3.8) is 0 Å². The van der Waals surface area contributed by atoms with E-state index in [1.54, 1.807) is 54.6 Å². The zero-order valence-electron chi connectivity index (χ0n) is 17.3. The molecule has 0 unspecified atom stereocenters. The van der Waals surface area contributed by atoms with E-state index in [9.17, 15) is 18.0 Å². The van der Waals surface area contributed by atoms with E-state index in [2.05, 4.69) is 10.3 Å². The molecule has 11 heteroatoms. The summed E-state index contributed by atoms with van der Waals surface area (Å²) in [7, 11) is -2.68. The van der Waals surface area contributed by atoms with Crippen LogP contribution in [0.25, 0.3) is 10.9 Å². The fraction of sp³-hybridized carbons (Fsp3) is 0.0909. The molecule has 0 aliphatic heterocycles. The molecule has 33 heavy (non-hydrogen) atoms. The molecule has 0 N–H and O–H groups in total. The minimum atomic E-state index is -4.06. The molecule has 0 radical (unpaired) electrons. The lowest BCUT2D eigenvalue weighted by Gasteiger charge is -2.20. The van der Waals surface area contributed by atoms with Crippen LogP contribution >= 0.6 is 11.6 Å². The highest BCUT2D eigenvalue weighted by atomic mass is 35.5. The van der Waals surface area contributed by atoms with Crippen LogP contribution in [0.15, 0.2) is 82.5 Å². The second-order valence-corrected chi connectivity index (χ2v) is 9.27. The summed E-state index contributed by atoms with van der Waals surface area (Å²) in [6, 6.07) is 18.8. The van der Waals surface area contributed by atoms with Gasteiger partial charge in [-0.25, -0.2) is 13.2 Å². The molecule has 0 aliphatic rings. The number of benzene rings is 3. The van der Waals surface area contributed by atoms with Crippen LogP contribution in [0.5, 0.6) is 0 Å². The summed E-state index contributed by atoms with van der Waals surface area (Å²) in [6.07, 6.45) is 0. The summed E-state index contributed by atoms with van der Waals surface area (Å²) in [5.74, 6) is -0.854. The minimum Gasteiger partial charge on any atom is -0.439 e. The van der Waals surface area contributed by atoms with Crippen molar-refractivity contribution < 1.29 is 17.9 Å². The maximum atomic E-state index is 13.1. The van der Waals surface area contributed by atoms with Gasteiger partial charge in [0.25, 0.3) is 15.6 Å². The molecule has 0 fully saturated rings. The van der Waals surface area contributed by atoms with Crippen molar-refractivity contribution in [1.29, 1.82) is 0 Å². The topological polar surface area (TPSA) is 111 Å². The third-order valence-electron chi connectivity index (χ3n) is 4.87. The van der Waals surface area contributed by atoms with Crippen LogP contribution < -0.4 is 9.86 Å². The molecule has 168 valence electrons. The van der Waals surface area contributed by atoms with Gasteiger partial charge in [-0.2, -0.15) is 4.68 Å². The Morgan fingerprint density at radius 2 is 1.76 bits per heavy atom. The smallest absolute Gasteiger partial charge is 0.339 e. The number of carbonyl (C=O) groups is 1. The van der Waals surface area contributed by atoms with Gasteiger partial charge < -0.3 is 4.74 Å². The molecule has 9 nitrogen and oxygen atoms in total. The first-order chi connectivity index (χ1) is 15.8. The Bertz CT molecular complexity index is 1510. The predicted octanol–water partition coefficient (Wildman–Crippen LogP) is 3.08. The highest BCUT2D eigenvalue weighted by molar-refractivity contribution is 7.93. The fourth-order valence-corrected chi connectivity index (χ4v) is 4.76. The lowest BCUT2D eigenvalue weighted by molar-refractivity contribution is 0.0336. The monoisotopic (exact) mass is 484 g/mol. The van der Waals surface area contributed by atoms with E-state index >= 15 is 0 Å². The lowest BCUT2D eigenvalue weighted by Crippen LogP contribution is -2.27. The van der Waals surface area contributed by atoms with Gasteiger partial charge in [-0.1, -0.05) is 47.1 Å². The van der Waals surface area contributed by atoms with E-state index in [0.717, 1.165) is 15.1 Å². The number of ether oxygens (including phenoxy) is 1. The quantitative estimate of drug-likeness (QED) is 0.386. The number of halogens is 1. The van der Waals surface area contributed by atoms with E-state index < -0.39 is 28.3 Å². The van der Waals surface area contributed by atoms with Crippen LogP contribution in [-0.4, -0.2) is 36.4 Å². The molecule has 3 aromatic carbocycles. The number of aromatic nitrogens is 3. The Balaban J connectivity index is 1.58. The van der Waals surface area contributed by atoms with Gasteiger partial charge in [0.1, 0.15) is 10.4 Å². The van der Waals surface area contributed by atoms with Crippen LogP contribution in [0.2, 0.25) is 5.02 Å². The molecule has 0 spiro atoms. The molecular formula is C22H17ClN4O5S. The average Bonchev–Trinajstić information content (AvgIpc) is 2.83. The van der Waals surface area contributed by atoms with Crippen molar-refractivity contribution in [3.05, 3.63) is 93.7 Å². The second kappa shape index (κ2) is 9.00. The van der Waals surface area contributed by atoms with E-state index in [0.29, 0.717) is 16.6 Å². The van der Waals surface area contributed by atoms with Crippen molar-refractivity contribution in [3.8, 4) is 0 Å². The van der Waals surface area contributed by atoms with Gasteiger partial charge in [0.05, 0.1) is 21.7 Å². The molecule has 1 aromatic heterocycles. The third kappa shape index (κ3) is 4.43. The van der Waals surface area contributed by atoms with Gasteiger partial charge in [-0.05, 0) is 42.5 Å². The van der Waals surface area contributed by atoms with Crippen molar-refractivity contribution in [2.75, 3.05) is 11.4 Å². The molecule has 0 saturated heterocycles. The highest BCUT2D eigenvalue weighted by Crippen LogP contribution is 2.28. The summed E-state index contributed by atoms with van der Waals surface area (Å²) in [5, 5.41) is 7.95. The lowest BCUT2D eigenvalue weighted by atomic mass is 10.2. The Hall–Kier alpha value is -3.76. The van der Waals surface area contributed by atoms with Crippen molar-refractivity contribution >= 4 is 44.2 Å². The van der Waals surface area contributed by atoms with Crippen LogP contribution in [0.4, 0.5) is 5.69 Å². The number of nitrogens with zero attached hydrogens (tertiary/aromatic N) is 4. The number of para-hydroxylation sites is 1. The molecule has 1 heterocycles. The van der Waals surface area contributed by atoms with Crippen LogP contribution in [0.3, 0.4) is 0 Å². The molecule has 0 amide bonds. The number of sulfonamides is 1. The molecule has 4 aromatic rings. The minimum absolute atomic E-state index is 0.0500. The van der Waals surface area contributed by atoms with Crippen LogP contribution in [-0.2, 0) is 21.5 Å². The summed E-state index contributed by atoms with van der Waals surface area (Å²) >= 11 is 6.14. The summed E-state index contributed by atoms with van der Waals surface area (Å²) in [5.41, 5.74) is 0.314. The Morgan fingerprint density at radius 3 is 2.52 bits per heavy atom. The highest BCUT2D eigenvalue weighted by Gasteiger charge is 2.26. The van der Waals surface area contributed by atoms with Gasteiger partial charge in [-0.3, -0.25) is 9.10 Å². The molecule has 0 bridgehead atoms. The van der Waals surface area contributed by atoms with E-state index in [1.165, 1.54) is 19.2 Å². The van der Waals surface area contributed by atoms with Crippen LogP contribution in [0, 0.1) is 0 Å². The molecule has 0 aliphatic carbocycles. The first-order valence-corrected chi connectivity index (χ1v) is 11.4. The number of fused-ring (bicyclic) bond motifs is 1. The standard InChI is InChI=1S/C22H17ClN4O5S/c1-26(16-7-3-2-4-8-16)33(30,31)20-13-15(11-12-18(20)23)22(29)32-14-27-21(28)17-9-5-6-10-19(17)24-25-27/h2-13H,14H2,1H3. The average molecular weight is 485 g/mol. The zero-order valence-corrected chi connectivity index (χ0v) is 18.8. The first kappa shape index (κ1) is 22.4. The first-order valence-electron chi connectivity index (χ1n) is 9.62. The number of anilines is 1. The van der Waals surface area contributed by atoms with Crippen molar-refractivity contribution in [2.24, 2.45) is 0 Å². The van der Waals surface area contributed by atoms with Gasteiger partial charge >= 0.3 is 5.97 Å². The second-order valence-electron chi connectivity index (χ2n) is 6.93. The van der Waals surface area contributed by atoms with Gasteiger partial charge in [0, 0.05) is 7.05 Å².